The van der Waals surface area contributed by atoms with Crippen LogP contribution in [0.25, 0.3) is 0 Å². The summed E-state index contributed by atoms with van der Waals surface area (Å²) in [5.74, 6) is 0. The molecule has 2 heterocycles. The molecular formula is C25H42N2O4. The molecule has 176 valence electrons. The van der Waals surface area contributed by atoms with E-state index in [1.165, 1.54) is 17.5 Å². The minimum absolute atomic E-state index is 0.0936. The van der Waals surface area contributed by atoms with Crippen LogP contribution in [0.1, 0.15) is 84.9 Å². The maximum atomic E-state index is 11.4. The minimum atomic E-state index is -0.438. The quantitative estimate of drug-likeness (QED) is 0.645. The summed E-state index contributed by atoms with van der Waals surface area (Å²) in [7, 11) is 0. The Bertz CT molecular complexity index is 664. The number of benzene rings is 1. The summed E-state index contributed by atoms with van der Waals surface area (Å²) in [6.07, 6.45) is 5.08. The Morgan fingerprint density at radius 2 is 1.87 bits per heavy atom. The number of alkyl carbamates (subject to hydrolysis) is 1. The lowest BCUT2D eigenvalue weighted by Crippen LogP contribution is -2.44. The first kappa shape index (κ1) is 27.0. The zero-order valence-electron chi connectivity index (χ0n) is 20.4. The number of amides is 2. The van der Waals surface area contributed by atoms with Crippen LogP contribution in [-0.4, -0.2) is 48.3 Å². The number of fused-ring (bicyclic) bond motifs is 1. The fourth-order valence-corrected chi connectivity index (χ4v) is 3.41. The molecule has 2 aliphatic heterocycles. The topological polar surface area (TPSA) is 67.9 Å². The van der Waals surface area contributed by atoms with E-state index in [9.17, 15) is 9.59 Å². The van der Waals surface area contributed by atoms with E-state index in [4.69, 9.17) is 9.47 Å². The highest BCUT2D eigenvalue weighted by Crippen LogP contribution is 2.27. The van der Waals surface area contributed by atoms with Gasteiger partial charge in [-0.1, -0.05) is 44.5 Å². The lowest BCUT2D eigenvalue weighted by molar-refractivity contribution is -0.120. The number of nitrogens with one attached hydrogen (secondary N) is 1. The highest BCUT2D eigenvalue weighted by Gasteiger charge is 2.23. The third-order valence-electron chi connectivity index (χ3n) is 5.00. The molecule has 6 nitrogen and oxygen atoms in total. The number of hydrogen-bond donors (Lipinski definition) is 1. The van der Waals surface area contributed by atoms with E-state index in [0.29, 0.717) is 12.7 Å². The van der Waals surface area contributed by atoms with Gasteiger partial charge in [-0.25, -0.2) is 4.79 Å². The summed E-state index contributed by atoms with van der Waals surface area (Å²) in [6.45, 7) is 15.4. The van der Waals surface area contributed by atoms with Crippen LogP contribution in [0.15, 0.2) is 24.3 Å². The van der Waals surface area contributed by atoms with Crippen LogP contribution in [0.3, 0.4) is 0 Å². The summed E-state index contributed by atoms with van der Waals surface area (Å²) in [6, 6.07) is 8.67. The van der Waals surface area contributed by atoms with Crippen molar-refractivity contribution in [2.75, 3.05) is 13.2 Å². The molecule has 1 N–H and O–H groups in total. The van der Waals surface area contributed by atoms with Gasteiger partial charge in [0.1, 0.15) is 5.60 Å². The smallest absolute Gasteiger partial charge is 0.407 e. The molecule has 0 spiro atoms. The van der Waals surface area contributed by atoms with Gasteiger partial charge in [-0.15, -0.1) is 0 Å². The lowest BCUT2D eigenvalue weighted by atomic mass is 9.94. The summed E-state index contributed by atoms with van der Waals surface area (Å²) < 4.78 is 10.6. The molecule has 0 bridgehead atoms. The molecule has 6 heteroatoms. The zero-order chi connectivity index (χ0) is 23.4. The highest BCUT2D eigenvalue weighted by atomic mass is 16.6. The van der Waals surface area contributed by atoms with Gasteiger partial charge in [-0.05, 0) is 65.0 Å². The highest BCUT2D eigenvalue weighted by molar-refractivity contribution is 5.68. The molecule has 0 aliphatic carbocycles. The maximum Gasteiger partial charge on any atom is 0.407 e. The minimum Gasteiger partial charge on any atom is -0.444 e. The van der Waals surface area contributed by atoms with Gasteiger partial charge in [0.25, 0.3) is 0 Å². The predicted molar refractivity (Wildman–Crippen MR) is 125 cm³/mol. The SMILES string of the molecule is CCC.C[C@@H]1CC[C@H](NC(=O)OC(C)(C)C)CO1.C[C@H]1c2ccccc2CCN1C=O. The van der Waals surface area contributed by atoms with Gasteiger partial charge < -0.3 is 19.7 Å². The Morgan fingerprint density at radius 1 is 1.23 bits per heavy atom. The molecule has 31 heavy (non-hydrogen) atoms. The molecule has 1 aromatic carbocycles. The van der Waals surface area contributed by atoms with Crippen molar-refractivity contribution in [1.29, 1.82) is 0 Å². The molecule has 3 atom stereocenters. The molecular weight excluding hydrogens is 392 g/mol. The average Bonchev–Trinajstić information content (AvgIpc) is 2.70. The monoisotopic (exact) mass is 434 g/mol. The molecule has 3 rings (SSSR count). The molecule has 0 saturated carbocycles. The van der Waals surface area contributed by atoms with E-state index >= 15 is 0 Å². The van der Waals surface area contributed by atoms with Crippen molar-refractivity contribution in [3.63, 3.8) is 0 Å². The Balaban J connectivity index is 0.000000277. The Hall–Kier alpha value is -2.08. The number of hydrogen-bond acceptors (Lipinski definition) is 4. The summed E-state index contributed by atoms with van der Waals surface area (Å²) in [5.41, 5.74) is 2.24. The van der Waals surface area contributed by atoms with E-state index in [1.54, 1.807) is 0 Å². The van der Waals surface area contributed by atoms with Crippen molar-refractivity contribution in [2.24, 2.45) is 0 Å². The fourth-order valence-electron chi connectivity index (χ4n) is 3.41. The number of nitrogens with zero attached hydrogens (tertiary/aromatic N) is 1. The Kier molecular flexibility index (Phi) is 11.6. The van der Waals surface area contributed by atoms with Gasteiger partial charge in [0.05, 0.1) is 24.8 Å². The number of carbonyl (C=O) groups is 2. The van der Waals surface area contributed by atoms with Gasteiger partial charge in [0.15, 0.2) is 0 Å². The van der Waals surface area contributed by atoms with Crippen molar-refractivity contribution < 1.29 is 19.1 Å². The first-order valence-corrected chi connectivity index (χ1v) is 11.5. The second-order valence-electron chi connectivity index (χ2n) is 9.24. The zero-order valence-corrected chi connectivity index (χ0v) is 20.4. The van der Waals surface area contributed by atoms with Crippen molar-refractivity contribution in [3.8, 4) is 0 Å². The van der Waals surface area contributed by atoms with Gasteiger partial charge in [0.2, 0.25) is 6.41 Å². The third-order valence-corrected chi connectivity index (χ3v) is 5.00. The molecule has 1 aromatic rings. The molecule has 1 saturated heterocycles. The van der Waals surface area contributed by atoms with Gasteiger partial charge in [-0.3, -0.25) is 4.79 Å². The number of ether oxygens (including phenoxy) is 2. The third kappa shape index (κ3) is 10.2. The van der Waals surface area contributed by atoms with Gasteiger partial charge in [0, 0.05) is 6.54 Å². The van der Waals surface area contributed by atoms with E-state index < -0.39 is 5.60 Å². The summed E-state index contributed by atoms with van der Waals surface area (Å²) in [5, 5.41) is 2.81. The predicted octanol–water partition coefficient (Wildman–Crippen LogP) is 5.26. The summed E-state index contributed by atoms with van der Waals surface area (Å²) in [4.78, 5) is 24.0. The van der Waals surface area contributed by atoms with Crippen LogP contribution < -0.4 is 5.32 Å². The normalized spacial score (nSPS) is 22.5. The van der Waals surface area contributed by atoms with Gasteiger partial charge in [-0.2, -0.15) is 0 Å². The Labute approximate surface area is 188 Å². The largest absolute Gasteiger partial charge is 0.444 e. The van der Waals surface area contributed by atoms with Crippen LogP contribution in [0.5, 0.6) is 0 Å². The molecule has 0 radical (unpaired) electrons. The Morgan fingerprint density at radius 3 is 2.42 bits per heavy atom. The van der Waals surface area contributed by atoms with E-state index in [2.05, 4.69) is 44.3 Å². The molecule has 0 unspecified atom stereocenters. The van der Waals surface area contributed by atoms with Crippen molar-refractivity contribution >= 4 is 12.5 Å². The first-order chi connectivity index (χ1) is 14.6. The maximum absolute atomic E-state index is 11.4. The lowest BCUT2D eigenvalue weighted by Gasteiger charge is -2.32. The van der Waals surface area contributed by atoms with Crippen LogP contribution >= 0.6 is 0 Å². The number of rotatable bonds is 2. The van der Waals surface area contributed by atoms with Crippen LogP contribution in [0, 0.1) is 0 Å². The molecule has 2 aliphatic rings. The second kappa shape index (κ2) is 13.4. The van der Waals surface area contributed by atoms with E-state index in [-0.39, 0.29) is 18.2 Å². The molecule has 1 fully saturated rings. The van der Waals surface area contributed by atoms with E-state index in [0.717, 1.165) is 32.2 Å². The standard InChI is InChI=1S/C11H21NO3.C11H13NO.C3H8/c1-8-5-6-9(7-14-8)12-10(13)15-11(2,3)4;1-9-11-5-3-2-4-10(11)6-7-12(9)8-13;1-3-2/h8-9H,5-7H2,1-4H3,(H,12,13);2-5,8-9H,6-7H2,1H3;3H2,1-2H3/t8-,9+;9-;/m10./s1. The van der Waals surface area contributed by atoms with E-state index in [1.807, 2.05) is 38.7 Å². The van der Waals surface area contributed by atoms with Crippen molar-refractivity contribution in [2.45, 2.75) is 97.9 Å². The van der Waals surface area contributed by atoms with Crippen LogP contribution in [0.2, 0.25) is 0 Å². The molecule has 2 amide bonds. The average molecular weight is 435 g/mol. The van der Waals surface area contributed by atoms with Crippen LogP contribution in [0.4, 0.5) is 4.79 Å². The first-order valence-electron chi connectivity index (χ1n) is 11.5. The second-order valence-corrected chi connectivity index (χ2v) is 9.24. The molecule has 0 aromatic heterocycles. The van der Waals surface area contributed by atoms with Gasteiger partial charge >= 0.3 is 6.09 Å². The van der Waals surface area contributed by atoms with Crippen molar-refractivity contribution in [1.82, 2.24) is 10.2 Å². The summed E-state index contributed by atoms with van der Waals surface area (Å²) >= 11 is 0. The van der Waals surface area contributed by atoms with Crippen LogP contribution in [-0.2, 0) is 20.7 Å². The fraction of sp³-hybridized carbons (Fsp3) is 0.680. The van der Waals surface area contributed by atoms with Crippen molar-refractivity contribution in [3.05, 3.63) is 35.4 Å². The number of carbonyl (C=O) groups excluding carboxylic acids is 2.